The fraction of sp³-hybridized carbons (Fsp3) is 0.368. The van der Waals surface area contributed by atoms with Crippen LogP contribution in [-0.2, 0) is 5.75 Å². The molecule has 0 saturated carbocycles. The highest BCUT2D eigenvalue weighted by Crippen LogP contribution is 2.24. The maximum atomic E-state index is 12.6. The summed E-state index contributed by atoms with van der Waals surface area (Å²) in [6.45, 7) is 3.81. The van der Waals surface area contributed by atoms with Gasteiger partial charge in [0.2, 0.25) is 0 Å². The second-order valence-electron chi connectivity index (χ2n) is 6.53. The molecule has 0 radical (unpaired) electrons. The Kier molecular flexibility index (Phi) is 5.88. The Balaban J connectivity index is 1.62. The second kappa shape index (κ2) is 8.31. The van der Waals surface area contributed by atoms with Crippen molar-refractivity contribution in [1.82, 2.24) is 9.88 Å². The minimum Gasteiger partial charge on any atom is -0.337 e. The molecule has 1 aliphatic heterocycles. The molecule has 6 nitrogen and oxygen atoms in total. The first-order valence-corrected chi connectivity index (χ1v) is 9.64. The highest BCUT2D eigenvalue weighted by atomic mass is 32.2. The van der Waals surface area contributed by atoms with E-state index in [1.54, 1.807) is 30.0 Å². The van der Waals surface area contributed by atoms with Gasteiger partial charge in [0.25, 0.3) is 11.6 Å². The maximum absolute atomic E-state index is 12.6. The van der Waals surface area contributed by atoms with E-state index in [1.165, 1.54) is 12.1 Å². The molecule has 0 aliphatic carbocycles. The number of pyridine rings is 1. The van der Waals surface area contributed by atoms with Crippen LogP contribution >= 0.6 is 11.8 Å². The van der Waals surface area contributed by atoms with E-state index in [4.69, 9.17) is 0 Å². The number of nitro benzene ring substituents is 1. The van der Waals surface area contributed by atoms with Gasteiger partial charge in [-0.3, -0.25) is 14.9 Å². The van der Waals surface area contributed by atoms with Crippen LogP contribution in [0.3, 0.4) is 0 Å². The molecule has 26 heavy (non-hydrogen) atoms. The summed E-state index contributed by atoms with van der Waals surface area (Å²) in [6, 6.07) is 12.0. The quantitative estimate of drug-likeness (QED) is 0.448. The Hall–Kier alpha value is -2.41. The molecule has 1 fully saturated rings. The Morgan fingerprint density at radius 3 is 2.58 bits per heavy atom. The van der Waals surface area contributed by atoms with Crippen LogP contribution in [-0.4, -0.2) is 33.8 Å². The van der Waals surface area contributed by atoms with Crippen molar-refractivity contribution in [3.05, 3.63) is 64.0 Å². The van der Waals surface area contributed by atoms with Crippen molar-refractivity contribution in [3.8, 4) is 0 Å². The topological polar surface area (TPSA) is 76.3 Å². The molecule has 1 aromatic heterocycles. The van der Waals surface area contributed by atoms with Crippen molar-refractivity contribution in [1.29, 1.82) is 0 Å². The first-order chi connectivity index (χ1) is 12.5. The minimum atomic E-state index is -0.410. The van der Waals surface area contributed by atoms with Gasteiger partial charge in [-0.1, -0.05) is 13.0 Å². The molecule has 2 heterocycles. The van der Waals surface area contributed by atoms with E-state index in [-0.39, 0.29) is 11.6 Å². The lowest BCUT2D eigenvalue weighted by molar-refractivity contribution is -0.384. The van der Waals surface area contributed by atoms with Crippen molar-refractivity contribution in [3.63, 3.8) is 0 Å². The summed E-state index contributed by atoms with van der Waals surface area (Å²) in [5, 5.41) is 10.7. The van der Waals surface area contributed by atoms with Crippen LogP contribution in [0, 0.1) is 16.0 Å². The van der Waals surface area contributed by atoms with E-state index in [2.05, 4.69) is 11.9 Å². The van der Waals surface area contributed by atoms with Gasteiger partial charge in [-0.2, -0.15) is 0 Å². The molecular weight excluding hydrogens is 350 g/mol. The second-order valence-corrected chi connectivity index (χ2v) is 7.58. The number of hydrogen-bond acceptors (Lipinski definition) is 5. The molecule has 0 atom stereocenters. The molecule has 0 spiro atoms. The van der Waals surface area contributed by atoms with Gasteiger partial charge in [-0.25, -0.2) is 4.98 Å². The number of piperidine rings is 1. The molecule has 1 aliphatic rings. The van der Waals surface area contributed by atoms with Gasteiger partial charge in [0, 0.05) is 35.9 Å². The van der Waals surface area contributed by atoms with Gasteiger partial charge in [0.15, 0.2) is 0 Å². The zero-order chi connectivity index (χ0) is 18.5. The lowest BCUT2D eigenvalue weighted by Crippen LogP contribution is -2.38. The van der Waals surface area contributed by atoms with E-state index >= 15 is 0 Å². The van der Waals surface area contributed by atoms with Crippen LogP contribution < -0.4 is 0 Å². The highest BCUT2D eigenvalue weighted by molar-refractivity contribution is 7.98. The van der Waals surface area contributed by atoms with Crippen LogP contribution in [0.2, 0.25) is 0 Å². The maximum Gasteiger partial charge on any atom is 0.272 e. The van der Waals surface area contributed by atoms with Crippen molar-refractivity contribution in [2.45, 2.75) is 30.4 Å². The van der Waals surface area contributed by atoms with Gasteiger partial charge in [-0.15, -0.1) is 11.8 Å². The standard InChI is InChI=1S/C19H21N3O3S/c1-14-9-11-21(12-10-14)19(23)18-4-2-3-15(20-18)13-26-17-7-5-16(6-8-17)22(24)25/h2-8,14H,9-13H2,1H3. The van der Waals surface area contributed by atoms with Gasteiger partial charge < -0.3 is 4.90 Å². The van der Waals surface area contributed by atoms with Gasteiger partial charge in [0.05, 0.1) is 10.6 Å². The van der Waals surface area contributed by atoms with Gasteiger partial charge >= 0.3 is 0 Å². The van der Waals surface area contributed by atoms with Crippen molar-refractivity contribution >= 4 is 23.4 Å². The number of carbonyl (C=O) groups is 1. The molecule has 7 heteroatoms. The van der Waals surface area contributed by atoms with Crippen LogP contribution in [0.15, 0.2) is 47.4 Å². The van der Waals surface area contributed by atoms with E-state index in [0.717, 1.165) is 36.5 Å². The Labute approximate surface area is 156 Å². The van der Waals surface area contributed by atoms with Crippen molar-refractivity contribution in [2.24, 2.45) is 5.92 Å². The number of non-ortho nitro benzene ring substituents is 1. The summed E-state index contributed by atoms with van der Waals surface area (Å²) >= 11 is 1.54. The van der Waals surface area contributed by atoms with Crippen molar-refractivity contribution in [2.75, 3.05) is 13.1 Å². The Bertz CT molecular complexity index is 787. The van der Waals surface area contributed by atoms with E-state index in [9.17, 15) is 14.9 Å². The van der Waals surface area contributed by atoms with Crippen LogP contribution in [0.5, 0.6) is 0 Å². The van der Waals surface area contributed by atoms with Crippen LogP contribution in [0.1, 0.15) is 35.9 Å². The predicted octanol–water partition coefficient (Wildman–Crippen LogP) is 4.15. The van der Waals surface area contributed by atoms with Crippen LogP contribution in [0.25, 0.3) is 0 Å². The number of benzene rings is 1. The number of nitrogens with zero attached hydrogens (tertiary/aromatic N) is 3. The number of thioether (sulfide) groups is 1. The normalized spacial score (nSPS) is 15.0. The average Bonchev–Trinajstić information content (AvgIpc) is 2.67. The fourth-order valence-electron chi connectivity index (χ4n) is 2.87. The Morgan fingerprint density at radius 2 is 1.92 bits per heavy atom. The van der Waals surface area contributed by atoms with Crippen LogP contribution in [0.4, 0.5) is 5.69 Å². The summed E-state index contributed by atoms with van der Waals surface area (Å²) in [7, 11) is 0. The first-order valence-electron chi connectivity index (χ1n) is 8.65. The van der Waals surface area contributed by atoms with Gasteiger partial charge in [-0.05, 0) is 43.0 Å². The number of aromatic nitrogens is 1. The molecule has 1 saturated heterocycles. The number of hydrogen-bond donors (Lipinski definition) is 0. The summed E-state index contributed by atoms with van der Waals surface area (Å²) in [6.07, 6.45) is 2.09. The average molecular weight is 371 g/mol. The zero-order valence-corrected chi connectivity index (χ0v) is 15.4. The molecule has 0 bridgehead atoms. The molecular formula is C19H21N3O3S. The van der Waals surface area contributed by atoms with E-state index in [1.807, 2.05) is 17.0 Å². The zero-order valence-electron chi connectivity index (χ0n) is 14.6. The van der Waals surface area contributed by atoms with E-state index in [0.29, 0.717) is 17.4 Å². The third-order valence-corrected chi connectivity index (χ3v) is 5.58. The fourth-order valence-corrected chi connectivity index (χ4v) is 3.68. The third-order valence-electron chi connectivity index (χ3n) is 4.53. The molecule has 2 aromatic rings. The lowest BCUT2D eigenvalue weighted by atomic mass is 9.99. The van der Waals surface area contributed by atoms with Gasteiger partial charge in [0.1, 0.15) is 5.69 Å². The summed E-state index contributed by atoms with van der Waals surface area (Å²) < 4.78 is 0. The predicted molar refractivity (Wildman–Crippen MR) is 101 cm³/mol. The number of amides is 1. The highest BCUT2D eigenvalue weighted by Gasteiger charge is 2.22. The largest absolute Gasteiger partial charge is 0.337 e. The third kappa shape index (κ3) is 4.60. The number of likely N-dealkylation sites (tertiary alicyclic amines) is 1. The number of rotatable bonds is 5. The minimum absolute atomic E-state index is 0.000846. The summed E-state index contributed by atoms with van der Waals surface area (Å²) in [4.78, 5) is 30.2. The monoisotopic (exact) mass is 371 g/mol. The summed E-state index contributed by atoms with van der Waals surface area (Å²) in [5.41, 5.74) is 1.39. The summed E-state index contributed by atoms with van der Waals surface area (Å²) in [5.74, 6) is 1.28. The smallest absolute Gasteiger partial charge is 0.272 e. The molecule has 3 rings (SSSR count). The molecule has 1 amide bonds. The van der Waals surface area contributed by atoms with Crippen molar-refractivity contribution < 1.29 is 9.72 Å². The number of carbonyl (C=O) groups excluding carboxylic acids is 1. The first kappa shape index (κ1) is 18.4. The molecule has 0 N–H and O–H groups in total. The number of nitro groups is 1. The van der Waals surface area contributed by atoms with E-state index < -0.39 is 4.92 Å². The molecule has 1 aromatic carbocycles. The lowest BCUT2D eigenvalue weighted by Gasteiger charge is -2.30. The SMILES string of the molecule is CC1CCN(C(=O)c2cccc(CSc3ccc([N+](=O)[O-])cc3)n2)CC1. The Morgan fingerprint density at radius 1 is 1.23 bits per heavy atom. The molecule has 136 valence electrons. The molecule has 0 unspecified atom stereocenters.